The van der Waals surface area contributed by atoms with E-state index in [2.05, 4.69) is 181 Å². The molecule has 0 spiro atoms. The monoisotopic (exact) mass is 676 g/mol. The quantitative estimate of drug-likeness (QED) is 0.161. The van der Waals surface area contributed by atoms with E-state index < -0.39 is 0 Å². The Balaban J connectivity index is 1.02. The maximum absolute atomic E-state index is 9.60. The number of nitrogens with zero attached hydrogens (tertiary/aromatic N) is 2. The van der Waals surface area contributed by atoms with Gasteiger partial charge in [0, 0.05) is 16.5 Å². The molecule has 1 unspecified atom stereocenters. The van der Waals surface area contributed by atoms with Crippen LogP contribution in [0.4, 0.5) is 0 Å². The molecule has 1 heterocycles. The molecule has 0 radical (unpaired) electrons. The maximum Gasteiger partial charge on any atom is 0.0991 e. The predicted molar refractivity (Wildman–Crippen MR) is 225 cm³/mol. The summed E-state index contributed by atoms with van der Waals surface area (Å²) in [7, 11) is 0. The van der Waals surface area contributed by atoms with Gasteiger partial charge in [0.2, 0.25) is 0 Å². The Kier molecular flexibility index (Phi) is 8.23. The van der Waals surface area contributed by atoms with Gasteiger partial charge in [-0.25, -0.2) is 0 Å². The Bertz CT molecular complexity index is 2820. The van der Waals surface area contributed by atoms with Gasteiger partial charge in [-0.05, 0) is 110 Å². The Morgan fingerprint density at radius 2 is 1.60 bits per heavy atom. The molecule has 53 heavy (non-hydrogen) atoms. The molecule has 1 atom stereocenters. The molecule has 0 aliphatic heterocycles. The van der Waals surface area contributed by atoms with Crippen molar-refractivity contribution in [2.24, 2.45) is 5.92 Å². The second kappa shape index (κ2) is 13.6. The third-order valence-corrected chi connectivity index (χ3v) is 10.5. The second-order valence-electron chi connectivity index (χ2n) is 13.7. The number of para-hydroxylation sites is 1. The topological polar surface area (TPSA) is 28.7 Å². The smallest absolute Gasteiger partial charge is 0.0991 e. The highest BCUT2D eigenvalue weighted by Crippen LogP contribution is 2.37. The summed E-state index contributed by atoms with van der Waals surface area (Å²) in [4.78, 5) is 0. The summed E-state index contributed by atoms with van der Waals surface area (Å²) >= 11 is 0. The Hall–Kier alpha value is -6.95. The van der Waals surface area contributed by atoms with E-state index in [1.807, 2.05) is 24.3 Å². The minimum absolute atomic E-state index is 0.300. The van der Waals surface area contributed by atoms with Gasteiger partial charge in [-0.2, -0.15) is 5.26 Å². The van der Waals surface area contributed by atoms with Gasteiger partial charge in [0.15, 0.2) is 0 Å². The normalized spacial score (nSPS) is 16.7. The lowest BCUT2D eigenvalue weighted by molar-refractivity contribution is 0.812. The first-order chi connectivity index (χ1) is 26.2. The number of hydrogen-bond donors (Lipinski definition) is 0. The molecule has 2 heteroatoms. The van der Waals surface area contributed by atoms with Gasteiger partial charge in [-0.3, -0.25) is 0 Å². The summed E-state index contributed by atoms with van der Waals surface area (Å²) in [6, 6.07) is 47.2. The number of fused-ring (bicyclic) bond motifs is 7. The van der Waals surface area contributed by atoms with Gasteiger partial charge in [-0.1, -0.05) is 152 Å². The lowest BCUT2D eigenvalue weighted by Crippen LogP contribution is -2.03. The first kappa shape index (κ1) is 32.0. The van der Waals surface area contributed by atoms with Gasteiger partial charge < -0.3 is 4.57 Å². The molecule has 6 aromatic carbocycles. The molecule has 250 valence electrons. The van der Waals surface area contributed by atoms with Crippen LogP contribution in [0.5, 0.6) is 0 Å². The molecule has 0 saturated heterocycles. The largest absolute Gasteiger partial charge is 0.309 e. The minimum Gasteiger partial charge on any atom is -0.309 e. The number of benzene rings is 6. The Morgan fingerprint density at radius 1 is 0.736 bits per heavy atom. The van der Waals surface area contributed by atoms with Crippen LogP contribution < -0.4 is 0 Å². The lowest BCUT2D eigenvalue weighted by atomic mass is 9.84. The van der Waals surface area contributed by atoms with Crippen LogP contribution in [-0.4, -0.2) is 4.57 Å². The number of nitriles is 1. The first-order valence-electron chi connectivity index (χ1n) is 18.1. The summed E-state index contributed by atoms with van der Waals surface area (Å²) in [6.07, 6.45) is 23.2. The van der Waals surface area contributed by atoms with E-state index in [-0.39, 0.29) is 0 Å². The predicted octanol–water partition coefficient (Wildman–Crippen LogP) is 13.2. The summed E-state index contributed by atoms with van der Waals surface area (Å²) in [6.45, 7) is 4.21. The fraction of sp³-hybridized carbons (Fsp3) is 0.0392. The van der Waals surface area contributed by atoms with Crippen molar-refractivity contribution in [2.75, 3.05) is 0 Å². The van der Waals surface area contributed by atoms with Crippen LogP contribution in [0.1, 0.15) is 28.7 Å². The van der Waals surface area contributed by atoms with Crippen molar-refractivity contribution in [3.05, 3.63) is 215 Å². The van der Waals surface area contributed by atoms with E-state index in [9.17, 15) is 5.26 Å². The summed E-state index contributed by atoms with van der Waals surface area (Å²) < 4.78 is 2.28. The van der Waals surface area contributed by atoms with E-state index in [4.69, 9.17) is 0 Å². The SMILES string of the molecule is C=C/C(=C\C=C\c1ccc2c3cc(C#N)ccc3n(-c3ccccc3)c2c1)C1=CCC2C=C1/C=C\c1ccc(-c3cccc4ccccc34)c(c1)/C=C\2. The summed E-state index contributed by atoms with van der Waals surface area (Å²) in [5.74, 6) is 0.300. The highest BCUT2D eigenvalue weighted by molar-refractivity contribution is 6.10. The third kappa shape index (κ3) is 5.99. The lowest BCUT2D eigenvalue weighted by Gasteiger charge is -2.20. The molecule has 2 aliphatic rings. The third-order valence-electron chi connectivity index (χ3n) is 10.5. The van der Waals surface area contributed by atoms with Crippen LogP contribution in [0.3, 0.4) is 0 Å². The van der Waals surface area contributed by atoms with Crippen LogP contribution in [0, 0.1) is 17.2 Å². The number of hydrogen-bond acceptors (Lipinski definition) is 1. The van der Waals surface area contributed by atoms with E-state index >= 15 is 0 Å². The molecule has 2 nitrogen and oxygen atoms in total. The van der Waals surface area contributed by atoms with Gasteiger partial charge in [0.25, 0.3) is 0 Å². The molecular weight excluding hydrogens is 641 g/mol. The average Bonchev–Trinajstić information content (AvgIpc) is 3.53. The molecule has 9 rings (SSSR count). The van der Waals surface area contributed by atoms with Gasteiger partial charge in [0.1, 0.15) is 0 Å². The van der Waals surface area contributed by atoms with Crippen molar-refractivity contribution in [2.45, 2.75) is 6.42 Å². The van der Waals surface area contributed by atoms with Gasteiger partial charge in [-0.15, -0.1) is 0 Å². The molecule has 0 fully saturated rings. The van der Waals surface area contributed by atoms with Crippen molar-refractivity contribution in [3.8, 4) is 22.9 Å². The number of allylic oxidation sites excluding steroid dienone is 10. The van der Waals surface area contributed by atoms with Crippen molar-refractivity contribution in [1.82, 2.24) is 4.57 Å². The highest BCUT2D eigenvalue weighted by atomic mass is 15.0. The standard InChI is InChI=1S/C51H36N2/c1-2-39(12-8-10-35-22-28-48-49-32-38(34-52)23-29-50(49)53(51(48)33-35)43-14-4-3-5-15-43)44-26-20-36-19-25-42-31-37(18-24-41(44)30-36)21-27-46(42)47-17-9-13-40-11-6-7-16-45(40)47/h2-19,21-33,36H,1,20H2/b10-8+,24-18-,25-19-,39-12+. The minimum atomic E-state index is 0.300. The molecule has 7 aromatic rings. The zero-order valence-electron chi connectivity index (χ0n) is 29.3. The molecule has 0 amide bonds. The van der Waals surface area contributed by atoms with E-state index in [0.717, 1.165) is 45.1 Å². The fourth-order valence-electron chi connectivity index (χ4n) is 7.86. The number of aromatic nitrogens is 1. The Labute approximate surface area is 310 Å². The second-order valence-corrected chi connectivity index (χ2v) is 13.7. The van der Waals surface area contributed by atoms with E-state index in [0.29, 0.717) is 11.5 Å². The molecule has 0 saturated carbocycles. The first-order valence-corrected chi connectivity index (χ1v) is 18.1. The molecule has 2 aliphatic carbocycles. The summed E-state index contributed by atoms with van der Waals surface area (Å²) in [5.41, 5.74) is 13.5. The zero-order chi connectivity index (χ0) is 35.7. The van der Waals surface area contributed by atoms with Gasteiger partial charge >= 0.3 is 0 Å². The zero-order valence-corrected chi connectivity index (χ0v) is 29.3. The van der Waals surface area contributed by atoms with Crippen LogP contribution in [-0.2, 0) is 0 Å². The average molecular weight is 677 g/mol. The van der Waals surface area contributed by atoms with Gasteiger partial charge in [0.05, 0.1) is 22.7 Å². The molecule has 0 N–H and O–H groups in total. The van der Waals surface area contributed by atoms with Crippen molar-refractivity contribution < 1.29 is 0 Å². The fourth-order valence-corrected chi connectivity index (χ4v) is 7.86. The molecular formula is C51H36N2. The molecule has 4 bridgehead atoms. The van der Waals surface area contributed by atoms with E-state index in [1.54, 1.807) is 0 Å². The van der Waals surface area contributed by atoms with Crippen LogP contribution in [0.2, 0.25) is 0 Å². The number of rotatable bonds is 6. The maximum atomic E-state index is 9.60. The van der Waals surface area contributed by atoms with Crippen molar-refractivity contribution in [3.63, 3.8) is 0 Å². The van der Waals surface area contributed by atoms with Crippen molar-refractivity contribution >= 4 is 50.8 Å². The van der Waals surface area contributed by atoms with E-state index in [1.165, 1.54) is 44.2 Å². The van der Waals surface area contributed by atoms with Crippen LogP contribution in [0.25, 0.3) is 67.6 Å². The highest BCUT2D eigenvalue weighted by Gasteiger charge is 2.17. The summed E-state index contributed by atoms with van der Waals surface area (Å²) in [5, 5.41) is 14.3. The van der Waals surface area contributed by atoms with Crippen LogP contribution in [0.15, 0.2) is 193 Å². The van der Waals surface area contributed by atoms with Crippen molar-refractivity contribution in [1.29, 1.82) is 5.26 Å². The Morgan fingerprint density at radius 3 is 2.49 bits per heavy atom. The molecule has 1 aromatic heterocycles. The van der Waals surface area contributed by atoms with Crippen LogP contribution >= 0.6 is 0 Å².